The van der Waals surface area contributed by atoms with E-state index in [4.69, 9.17) is 11.6 Å². The second-order valence-electron chi connectivity index (χ2n) is 2.51. The number of anilines is 1. The van der Waals surface area contributed by atoms with Gasteiger partial charge in [0, 0.05) is 5.02 Å². The molecule has 0 saturated carbocycles. The standard InChI is InChI=1S/C9H8BrClN2O2/c1-15-9(14)8(10)13-12-7-4-2-6(11)3-5-7/h2-5,12H,1H3. The summed E-state index contributed by atoms with van der Waals surface area (Å²) in [7, 11) is 1.28. The predicted octanol–water partition coefficient (Wildman–Crippen LogP) is 2.63. The van der Waals surface area contributed by atoms with Crippen molar-refractivity contribution in [3.63, 3.8) is 0 Å². The van der Waals surface area contributed by atoms with Crippen LogP contribution in [0.1, 0.15) is 0 Å². The zero-order valence-electron chi connectivity index (χ0n) is 7.83. The number of hydrazone groups is 1. The van der Waals surface area contributed by atoms with Gasteiger partial charge in [0.2, 0.25) is 4.62 Å². The molecule has 0 saturated heterocycles. The van der Waals surface area contributed by atoms with E-state index in [0.717, 1.165) is 5.69 Å². The van der Waals surface area contributed by atoms with Gasteiger partial charge in [0.05, 0.1) is 12.8 Å². The lowest BCUT2D eigenvalue weighted by Crippen LogP contribution is -2.10. The van der Waals surface area contributed by atoms with Crippen LogP contribution in [0.2, 0.25) is 5.02 Å². The molecule has 0 unspecified atom stereocenters. The molecule has 0 fully saturated rings. The van der Waals surface area contributed by atoms with Crippen molar-refractivity contribution in [3.05, 3.63) is 29.3 Å². The third-order valence-corrected chi connectivity index (χ3v) is 2.23. The number of halogens is 2. The van der Waals surface area contributed by atoms with E-state index in [9.17, 15) is 4.79 Å². The molecule has 0 amide bonds. The number of hydrogen-bond acceptors (Lipinski definition) is 4. The topological polar surface area (TPSA) is 50.7 Å². The quantitative estimate of drug-likeness (QED) is 0.529. The van der Waals surface area contributed by atoms with Crippen LogP contribution in [0.4, 0.5) is 5.69 Å². The highest BCUT2D eigenvalue weighted by Gasteiger charge is 2.06. The molecule has 1 rings (SSSR count). The Balaban J connectivity index is 2.63. The lowest BCUT2D eigenvalue weighted by molar-refractivity contribution is -0.132. The highest BCUT2D eigenvalue weighted by Crippen LogP contribution is 2.13. The molecule has 0 aromatic heterocycles. The number of ether oxygens (including phenoxy) is 1. The molecular weight excluding hydrogens is 283 g/mol. The molecule has 0 atom stereocenters. The molecular formula is C9H8BrClN2O2. The second kappa shape index (κ2) is 5.72. The van der Waals surface area contributed by atoms with Crippen molar-refractivity contribution in [2.75, 3.05) is 12.5 Å². The first kappa shape index (κ1) is 12.0. The van der Waals surface area contributed by atoms with Crippen molar-refractivity contribution in [1.29, 1.82) is 0 Å². The van der Waals surface area contributed by atoms with E-state index in [1.165, 1.54) is 7.11 Å². The first-order chi connectivity index (χ1) is 7.13. The fourth-order valence-corrected chi connectivity index (χ4v) is 1.14. The summed E-state index contributed by atoms with van der Waals surface area (Å²) in [6.45, 7) is 0. The number of esters is 1. The molecule has 0 bridgehead atoms. The van der Waals surface area contributed by atoms with E-state index >= 15 is 0 Å². The van der Waals surface area contributed by atoms with E-state index in [2.05, 4.69) is 31.2 Å². The lowest BCUT2D eigenvalue weighted by atomic mass is 10.3. The summed E-state index contributed by atoms with van der Waals surface area (Å²) in [5.41, 5.74) is 3.39. The van der Waals surface area contributed by atoms with E-state index in [1.54, 1.807) is 24.3 Å². The molecule has 0 aliphatic rings. The van der Waals surface area contributed by atoms with Crippen LogP contribution in [-0.4, -0.2) is 17.7 Å². The van der Waals surface area contributed by atoms with Crippen molar-refractivity contribution < 1.29 is 9.53 Å². The molecule has 1 aromatic rings. The monoisotopic (exact) mass is 290 g/mol. The molecule has 0 aliphatic carbocycles. The largest absolute Gasteiger partial charge is 0.464 e. The van der Waals surface area contributed by atoms with E-state index < -0.39 is 5.97 Å². The molecule has 6 heteroatoms. The Labute approximate surface area is 100 Å². The number of nitrogens with zero attached hydrogens (tertiary/aromatic N) is 1. The average Bonchev–Trinajstić information content (AvgIpc) is 2.26. The average molecular weight is 292 g/mol. The van der Waals surface area contributed by atoms with Gasteiger partial charge in [-0.15, -0.1) is 0 Å². The number of benzene rings is 1. The molecule has 1 N–H and O–H groups in total. The number of carbonyl (C=O) groups is 1. The normalized spacial score (nSPS) is 11.0. The van der Waals surface area contributed by atoms with Gasteiger partial charge in [0.25, 0.3) is 0 Å². The molecule has 15 heavy (non-hydrogen) atoms. The van der Waals surface area contributed by atoms with Crippen LogP contribution in [0.15, 0.2) is 29.4 Å². The zero-order valence-corrected chi connectivity index (χ0v) is 10.2. The third kappa shape index (κ3) is 3.89. The van der Waals surface area contributed by atoms with E-state index in [-0.39, 0.29) is 4.62 Å². The second-order valence-corrected chi connectivity index (χ2v) is 3.70. The predicted molar refractivity (Wildman–Crippen MR) is 63.5 cm³/mol. The summed E-state index contributed by atoms with van der Waals surface area (Å²) in [5, 5.41) is 4.40. The highest BCUT2D eigenvalue weighted by molar-refractivity contribution is 9.19. The minimum absolute atomic E-state index is 0.0694. The maximum atomic E-state index is 10.9. The number of nitrogens with one attached hydrogen (secondary N) is 1. The van der Waals surface area contributed by atoms with Crippen molar-refractivity contribution in [1.82, 2.24) is 0 Å². The Bertz CT molecular complexity index is 378. The van der Waals surface area contributed by atoms with Crippen LogP contribution in [0.5, 0.6) is 0 Å². The number of methoxy groups -OCH3 is 1. The minimum atomic E-state index is -0.545. The molecule has 0 aliphatic heterocycles. The van der Waals surface area contributed by atoms with Crippen molar-refractivity contribution >= 4 is 43.8 Å². The molecule has 0 radical (unpaired) electrons. The van der Waals surface area contributed by atoms with Crippen LogP contribution in [-0.2, 0) is 9.53 Å². The Morgan fingerprint density at radius 1 is 1.47 bits per heavy atom. The summed E-state index contributed by atoms with van der Waals surface area (Å²) in [5.74, 6) is -0.545. The molecule has 0 heterocycles. The zero-order chi connectivity index (χ0) is 11.3. The Hall–Kier alpha value is -1.07. The van der Waals surface area contributed by atoms with Gasteiger partial charge in [-0.25, -0.2) is 4.79 Å². The van der Waals surface area contributed by atoms with Crippen molar-refractivity contribution in [3.8, 4) is 0 Å². The fourth-order valence-electron chi connectivity index (χ4n) is 0.768. The van der Waals surface area contributed by atoms with Gasteiger partial charge in [0.1, 0.15) is 0 Å². The van der Waals surface area contributed by atoms with Crippen LogP contribution < -0.4 is 5.43 Å². The molecule has 80 valence electrons. The summed E-state index contributed by atoms with van der Waals surface area (Å²) in [4.78, 5) is 10.9. The van der Waals surface area contributed by atoms with E-state index in [0.29, 0.717) is 5.02 Å². The fraction of sp³-hybridized carbons (Fsp3) is 0.111. The summed E-state index contributed by atoms with van der Waals surface area (Å²) < 4.78 is 4.51. The number of hydrogen-bond donors (Lipinski definition) is 1. The van der Waals surface area contributed by atoms with Gasteiger partial charge in [-0.1, -0.05) is 11.6 Å². The van der Waals surface area contributed by atoms with Crippen LogP contribution in [0.25, 0.3) is 0 Å². The SMILES string of the molecule is COC(=O)C(Br)=NNc1ccc(Cl)cc1. The molecule has 1 aromatic carbocycles. The van der Waals surface area contributed by atoms with Crippen molar-refractivity contribution in [2.45, 2.75) is 0 Å². The smallest absolute Gasteiger partial charge is 0.365 e. The molecule has 4 nitrogen and oxygen atoms in total. The van der Waals surface area contributed by atoms with E-state index in [1.807, 2.05) is 0 Å². The maximum absolute atomic E-state index is 10.9. The Morgan fingerprint density at radius 2 is 2.07 bits per heavy atom. The Kier molecular flexibility index (Phi) is 4.58. The van der Waals surface area contributed by atoms with Crippen molar-refractivity contribution in [2.24, 2.45) is 5.10 Å². The summed E-state index contributed by atoms with van der Waals surface area (Å²) >= 11 is 8.66. The van der Waals surface area contributed by atoms with Gasteiger partial charge < -0.3 is 4.74 Å². The summed E-state index contributed by atoms with van der Waals surface area (Å²) in [6.07, 6.45) is 0. The van der Waals surface area contributed by atoms with Gasteiger partial charge >= 0.3 is 5.97 Å². The highest BCUT2D eigenvalue weighted by atomic mass is 79.9. The van der Waals surface area contributed by atoms with Gasteiger partial charge in [-0.05, 0) is 40.2 Å². The lowest BCUT2D eigenvalue weighted by Gasteiger charge is -2.00. The first-order valence-corrected chi connectivity index (χ1v) is 5.13. The molecule has 0 spiro atoms. The maximum Gasteiger partial charge on any atom is 0.365 e. The first-order valence-electron chi connectivity index (χ1n) is 3.96. The van der Waals surface area contributed by atoms with Crippen LogP contribution in [0.3, 0.4) is 0 Å². The minimum Gasteiger partial charge on any atom is -0.464 e. The van der Waals surface area contributed by atoms with Gasteiger partial charge in [-0.3, -0.25) is 5.43 Å². The van der Waals surface area contributed by atoms with Gasteiger partial charge in [0.15, 0.2) is 0 Å². The van der Waals surface area contributed by atoms with Crippen LogP contribution >= 0.6 is 27.5 Å². The summed E-state index contributed by atoms with van der Waals surface area (Å²) in [6, 6.07) is 6.91. The van der Waals surface area contributed by atoms with Gasteiger partial charge in [-0.2, -0.15) is 5.10 Å². The number of rotatable bonds is 3. The third-order valence-electron chi connectivity index (χ3n) is 1.48. The van der Waals surface area contributed by atoms with Crippen LogP contribution in [0, 0.1) is 0 Å². The Morgan fingerprint density at radius 3 is 2.60 bits per heavy atom. The number of carbonyl (C=O) groups excluding carboxylic acids is 1.